The second-order valence-corrected chi connectivity index (χ2v) is 5.87. The van der Waals surface area contributed by atoms with E-state index in [1.54, 1.807) is 13.8 Å². The van der Waals surface area contributed by atoms with Gasteiger partial charge in [0.2, 0.25) is 0 Å². The molecule has 0 aliphatic rings. The summed E-state index contributed by atoms with van der Waals surface area (Å²) in [7, 11) is 0. The lowest BCUT2D eigenvalue weighted by molar-refractivity contribution is -0.119. The summed E-state index contributed by atoms with van der Waals surface area (Å²) in [5, 5.41) is 2.52. The number of benzene rings is 1. The Morgan fingerprint density at radius 1 is 1.28 bits per heavy atom. The Bertz CT molecular complexity index is 861. The molecule has 0 atom stereocenters. The lowest BCUT2D eigenvalue weighted by Crippen LogP contribution is -2.22. The fourth-order valence-electron chi connectivity index (χ4n) is 2.47. The number of halogens is 2. The van der Waals surface area contributed by atoms with E-state index in [4.69, 9.17) is 16.3 Å². The fraction of sp³-hybridized carbons (Fsp3) is 0.235. The molecule has 2 rings (SSSR count). The number of ketones is 1. The minimum Gasteiger partial charge on any atom is -0.451 e. The molecule has 6 nitrogen and oxygen atoms in total. The maximum atomic E-state index is 13.6. The quantitative estimate of drug-likeness (QED) is 0.627. The van der Waals surface area contributed by atoms with Crippen molar-refractivity contribution in [3.63, 3.8) is 0 Å². The van der Waals surface area contributed by atoms with Crippen LogP contribution in [-0.4, -0.2) is 29.3 Å². The number of Topliss-reactive ketones (excluding diaryl/α,β-unsaturated/α-hetero) is 1. The van der Waals surface area contributed by atoms with E-state index in [1.165, 1.54) is 19.1 Å². The molecule has 0 unspecified atom stereocenters. The van der Waals surface area contributed by atoms with Gasteiger partial charge in [0, 0.05) is 16.3 Å². The van der Waals surface area contributed by atoms with E-state index in [0.29, 0.717) is 16.8 Å². The molecule has 2 N–H and O–H groups in total. The second kappa shape index (κ2) is 7.48. The molecule has 0 aliphatic heterocycles. The average molecular weight is 367 g/mol. The van der Waals surface area contributed by atoms with Crippen molar-refractivity contribution in [2.45, 2.75) is 20.8 Å². The van der Waals surface area contributed by atoms with Gasteiger partial charge in [-0.05, 0) is 44.5 Å². The van der Waals surface area contributed by atoms with Crippen molar-refractivity contribution in [3.05, 3.63) is 51.6 Å². The van der Waals surface area contributed by atoms with Gasteiger partial charge in [-0.1, -0.05) is 11.6 Å². The average Bonchev–Trinajstić information content (AvgIpc) is 2.83. The molecule has 1 aromatic heterocycles. The van der Waals surface area contributed by atoms with Crippen LogP contribution in [0.15, 0.2) is 18.2 Å². The van der Waals surface area contributed by atoms with E-state index in [-0.39, 0.29) is 22.2 Å². The highest BCUT2D eigenvalue weighted by molar-refractivity contribution is 6.30. The van der Waals surface area contributed by atoms with Gasteiger partial charge in [-0.25, -0.2) is 9.18 Å². The number of esters is 1. The summed E-state index contributed by atoms with van der Waals surface area (Å²) in [4.78, 5) is 38.3. The summed E-state index contributed by atoms with van der Waals surface area (Å²) < 4.78 is 18.5. The summed E-state index contributed by atoms with van der Waals surface area (Å²) >= 11 is 5.73. The van der Waals surface area contributed by atoms with Crippen molar-refractivity contribution in [1.82, 2.24) is 4.98 Å². The number of amides is 1. The first kappa shape index (κ1) is 18.7. The summed E-state index contributed by atoms with van der Waals surface area (Å²) in [6.45, 7) is 4.05. The zero-order chi connectivity index (χ0) is 18.7. The lowest BCUT2D eigenvalue weighted by atomic mass is 10.1. The lowest BCUT2D eigenvalue weighted by Gasteiger charge is -2.08. The summed E-state index contributed by atoms with van der Waals surface area (Å²) in [6, 6.07) is 3.70. The van der Waals surface area contributed by atoms with Gasteiger partial charge in [0.25, 0.3) is 5.91 Å². The molecule has 2 aromatic rings. The molecule has 132 valence electrons. The first-order valence-electron chi connectivity index (χ1n) is 7.32. The summed E-state index contributed by atoms with van der Waals surface area (Å²) in [5.74, 6) is -2.34. The normalized spacial score (nSPS) is 10.4. The number of carbonyl (C=O) groups excluding carboxylic acids is 3. The standard InChI is InChI=1S/C17H16ClFN2O4/c1-8-15(10(3)22)9(2)20-16(8)17(24)25-7-14(23)21-13-6-11(18)4-5-12(13)19/h4-6,20H,7H2,1-3H3,(H,21,23). The number of rotatable bonds is 5. The van der Waals surface area contributed by atoms with Crippen molar-refractivity contribution in [2.75, 3.05) is 11.9 Å². The van der Waals surface area contributed by atoms with Crippen molar-refractivity contribution in [3.8, 4) is 0 Å². The monoisotopic (exact) mass is 366 g/mol. The highest BCUT2D eigenvalue weighted by atomic mass is 35.5. The minimum atomic E-state index is -0.783. The van der Waals surface area contributed by atoms with Gasteiger partial charge in [-0.2, -0.15) is 0 Å². The Labute approximate surface area is 148 Å². The van der Waals surface area contributed by atoms with Crippen molar-refractivity contribution >= 4 is 34.9 Å². The maximum Gasteiger partial charge on any atom is 0.355 e. The third-order valence-electron chi connectivity index (χ3n) is 3.53. The molecule has 0 spiro atoms. The van der Waals surface area contributed by atoms with Gasteiger partial charge < -0.3 is 15.0 Å². The van der Waals surface area contributed by atoms with E-state index < -0.39 is 24.3 Å². The van der Waals surface area contributed by atoms with E-state index in [1.807, 2.05) is 0 Å². The van der Waals surface area contributed by atoms with Gasteiger partial charge in [0.05, 0.1) is 5.69 Å². The number of H-pyrrole nitrogens is 1. The third-order valence-corrected chi connectivity index (χ3v) is 3.77. The predicted octanol–water partition coefficient (Wildman–Crippen LogP) is 3.42. The highest BCUT2D eigenvalue weighted by Gasteiger charge is 2.21. The number of nitrogens with one attached hydrogen (secondary N) is 2. The number of anilines is 1. The summed E-state index contributed by atoms with van der Waals surface area (Å²) in [6.07, 6.45) is 0. The van der Waals surface area contributed by atoms with Gasteiger partial charge in [-0.3, -0.25) is 9.59 Å². The van der Waals surface area contributed by atoms with Crippen molar-refractivity contribution < 1.29 is 23.5 Å². The van der Waals surface area contributed by atoms with E-state index in [9.17, 15) is 18.8 Å². The largest absolute Gasteiger partial charge is 0.451 e. The zero-order valence-corrected chi connectivity index (χ0v) is 14.6. The van der Waals surface area contributed by atoms with Crippen LogP contribution in [0.2, 0.25) is 5.02 Å². The number of ether oxygens (including phenoxy) is 1. The Morgan fingerprint density at radius 3 is 2.56 bits per heavy atom. The van der Waals surface area contributed by atoms with E-state index >= 15 is 0 Å². The predicted molar refractivity (Wildman–Crippen MR) is 90.6 cm³/mol. The molecule has 8 heteroatoms. The van der Waals surface area contributed by atoms with Gasteiger partial charge >= 0.3 is 5.97 Å². The number of aromatic nitrogens is 1. The number of aromatic amines is 1. The number of carbonyl (C=O) groups is 3. The van der Waals surface area contributed by atoms with Gasteiger partial charge in [0.15, 0.2) is 12.4 Å². The minimum absolute atomic E-state index is 0.101. The van der Waals surface area contributed by atoms with E-state index in [0.717, 1.165) is 6.07 Å². The zero-order valence-electron chi connectivity index (χ0n) is 13.8. The molecule has 25 heavy (non-hydrogen) atoms. The first-order chi connectivity index (χ1) is 11.7. The van der Waals surface area contributed by atoms with Crippen LogP contribution in [0.4, 0.5) is 10.1 Å². The van der Waals surface area contributed by atoms with Gasteiger partial charge in [0.1, 0.15) is 11.5 Å². The van der Waals surface area contributed by atoms with Crippen LogP contribution in [0.25, 0.3) is 0 Å². The van der Waals surface area contributed by atoms with Crippen LogP contribution in [0, 0.1) is 19.7 Å². The maximum absolute atomic E-state index is 13.6. The molecule has 0 saturated carbocycles. The third kappa shape index (κ3) is 4.24. The highest BCUT2D eigenvalue weighted by Crippen LogP contribution is 2.20. The SMILES string of the molecule is CC(=O)c1c(C)[nH]c(C(=O)OCC(=O)Nc2cc(Cl)ccc2F)c1C. The van der Waals surface area contributed by atoms with Crippen LogP contribution in [-0.2, 0) is 9.53 Å². The Morgan fingerprint density at radius 2 is 1.96 bits per heavy atom. The van der Waals surface area contributed by atoms with Gasteiger partial charge in [-0.15, -0.1) is 0 Å². The van der Waals surface area contributed by atoms with Crippen LogP contribution in [0.5, 0.6) is 0 Å². The Balaban J connectivity index is 2.03. The molecule has 1 amide bonds. The van der Waals surface area contributed by atoms with Crippen LogP contribution >= 0.6 is 11.6 Å². The molecule has 0 radical (unpaired) electrons. The summed E-state index contributed by atoms with van der Waals surface area (Å²) in [5.41, 5.74) is 1.40. The molecule has 0 fully saturated rings. The molecule has 1 heterocycles. The molecular weight excluding hydrogens is 351 g/mol. The molecule has 0 bridgehead atoms. The number of aryl methyl sites for hydroxylation is 1. The second-order valence-electron chi connectivity index (χ2n) is 5.43. The molecule has 0 saturated heterocycles. The van der Waals surface area contributed by atoms with E-state index in [2.05, 4.69) is 10.3 Å². The Hall–Kier alpha value is -2.67. The first-order valence-corrected chi connectivity index (χ1v) is 7.70. The molecular formula is C17H16ClFN2O4. The molecule has 1 aromatic carbocycles. The topological polar surface area (TPSA) is 88.3 Å². The van der Waals surface area contributed by atoms with Crippen LogP contribution in [0.1, 0.15) is 39.0 Å². The number of hydrogen-bond acceptors (Lipinski definition) is 4. The number of hydrogen-bond donors (Lipinski definition) is 2. The van der Waals surface area contributed by atoms with Crippen molar-refractivity contribution in [2.24, 2.45) is 0 Å². The molecule has 0 aliphatic carbocycles. The van der Waals surface area contributed by atoms with Crippen molar-refractivity contribution in [1.29, 1.82) is 0 Å². The fourth-order valence-corrected chi connectivity index (χ4v) is 2.64. The van der Waals surface area contributed by atoms with Crippen LogP contribution in [0.3, 0.4) is 0 Å². The Kier molecular flexibility index (Phi) is 5.58. The smallest absolute Gasteiger partial charge is 0.355 e. The van der Waals surface area contributed by atoms with Crippen LogP contribution < -0.4 is 5.32 Å².